The number of hydrogen-bond acceptors (Lipinski definition) is 5. The Hall–Kier alpha value is -2.73. The summed E-state index contributed by atoms with van der Waals surface area (Å²) in [4.78, 5) is 17.4. The molecule has 2 aromatic heterocycles. The van der Waals surface area contributed by atoms with Crippen molar-refractivity contribution < 1.29 is 4.79 Å². The molecule has 0 unspecified atom stereocenters. The lowest BCUT2D eigenvalue weighted by atomic mass is 10.0. The van der Waals surface area contributed by atoms with Crippen LogP contribution in [0.4, 0.5) is 5.82 Å². The number of nitrogens with two attached hydrogens (primary N) is 1. The first-order valence-electron chi connectivity index (χ1n) is 8.16. The summed E-state index contributed by atoms with van der Waals surface area (Å²) in [6.45, 7) is 2.05. The number of hydrogen-bond donors (Lipinski definition) is 2. The van der Waals surface area contributed by atoms with E-state index in [0.717, 1.165) is 31.6 Å². The number of benzene rings is 1. The van der Waals surface area contributed by atoms with E-state index >= 15 is 0 Å². The summed E-state index contributed by atoms with van der Waals surface area (Å²) in [6, 6.07) is 11.0. The first-order valence-corrected chi connectivity index (χ1v) is 8.16. The fourth-order valence-corrected chi connectivity index (χ4v) is 3.23. The van der Waals surface area contributed by atoms with Crippen molar-refractivity contribution >= 4 is 17.2 Å². The molecule has 4 rings (SSSR count). The van der Waals surface area contributed by atoms with Gasteiger partial charge in [-0.25, -0.2) is 4.98 Å². The molecule has 0 bridgehead atoms. The van der Waals surface area contributed by atoms with Crippen molar-refractivity contribution in [2.75, 3.05) is 18.8 Å². The van der Waals surface area contributed by atoms with Crippen LogP contribution in [0.25, 0.3) is 5.65 Å². The predicted molar refractivity (Wildman–Crippen MR) is 92.0 cm³/mol. The van der Waals surface area contributed by atoms with Gasteiger partial charge >= 0.3 is 0 Å². The Bertz CT molecular complexity index is 881. The van der Waals surface area contributed by atoms with E-state index in [2.05, 4.69) is 15.4 Å². The Morgan fingerprint density at radius 2 is 2.17 bits per heavy atom. The first-order chi connectivity index (χ1) is 11.7. The number of carbonyl (C=O) groups is 1. The van der Waals surface area contributed by atoms with Gasteiger partial charge in [-0.3, -0.25) is 4.79 Å². The van der Waals surface area contributed by atoms with E-state index in [9.17, 15) is 4.79 Å². The van der Waals surface area contributed by atoms with Crippen LogP contribution in [0, 0.1) is 5.92 Å². The molecule has 24 heavy (non-hydrogen) atoms. The molecule has 1 aliphatic heterocycles. The number of aromatic nitrogens is 3. The van der Waals surface area contributed by atoms with Crippen LogP contribution in [0.3, 0.4) is 0 Å². The lowest BCUT2D eigenvalue weighted by Gasteiger charge is -2.09. The van der Waals surface area contributed by atoms with Gasteiger partial charge in [0.1, 0.15) is 5.82 Å². The smallest absolute Gasteiger partial charge is 0.198 e. The van der Waals surface area contributed by atoms with Gasteiger partial charge in [-0.2, -0.15) is 9.61 Å². The third-order valence-electron chi connectivity index (χ3n) is 4.49. The second kappa shape index (κ2) is 6.05. The molecular formula is C18H19N5O. The van der Waals surface area contributed by atoms with Gasteiger partial charge in [-0.1, -0.05) is 30.3 Å². The number of carbonyl (C=O) groups excluding carboxylic acids is 1. The van der Waals surface area contributed by atoms with Crippen LogP contribution < -0.4 is 11.1 Å². The van der Waals surface area contributed by atoms with Crippen molar-refractivity contribution in [1.29, 1.82) is 0 Å². The van der Waals surface area contributed by atoms with Crippen LogP contribution in [-0.2, 0) is 6.42 Å². The molecule has 3 N–H and O–H groups in total. The van der Waals surface area contributed by atoms with Gasteiger partial charge < -0.3 is 11.1 Å². The summed E-state index contributed by atoms with van der Waals surface area (Å²) in [5.74, 6) is 0.987. The van der Waals surface area contributed by atoms with Crippen molar-refractivity contribution in [1.82, 2.24) is 19.9 Å². The third kappa shape index (κ3) is 2.65. The average molecular weight is 321 g/mol. The van der Waals surface area contributed by atoms with E-state index in [1.54, 1.807) is 18.3 Å². The van der Waals surface area contributed by atoms with Crippen LogP contribution in [0.2, 0.25) is 0 Å². The molecule has 3 aromatic rings. The average Bonchev–Trinajstić information content (AvgIpc) is 3.25. The van der Waals surface area contributed by atoms with Gasteiger partial charge in [-0.15, -0.1) is 0 Å². The number of rotatable bonds is 4. The van der Waals surface area contributed by atoms with E-state index in [1.807, 2.05) is 24.3 Å². The van der Waals surface area contributed by atoms with E-state index in [-0.39, 0.29) is 5.78 Å². The fraction of sp³-hybridized carbons (Fsp3) is 0.278. The lowest BCUT2D eigenvalue weighted by Crippen LogP contribution is -2.13. The van der Waals surface area contributed by atoms with E-state index in [0.29, 0.717) is 28.5 Å². The Morgan fingerprint density at radius 3 is 2.92 bits per heavy atom. The summed E-state index contributed by atoms with van der Waals surface area (Å²) >= 11 is 0. The number of fused-ring (bicyclic) bond motifs is 1. The minimum atomic E-state index is -0.0859. The molecule has 1 aliphatic rings. The molecule has 1 fully saturated rings. The summed E-state index contributed by atoms with van der Waals surface area (Å²) in [5, 5.41) is 7.59. The monoisotopic (exact) mass is 321 g/mol. The zero-order valence-corrected chi connectivity index (χ0v) is 13.3. The van der Waals surface area contributed by atoms with Crippen molar-refractivity contribution in [2.45, 2.75) is 12.8 Å². The molecule has 1 aromatic carbocycles. The number of nitrogen functional groups attached to an aromatic ring is 1. The quantitative estimate of drug-likeness (QED) is 0.714. The molecule has 0 saturated carbocycles. The Labute approximate surface area is 139 Å². The van der Waals surface area contributed by atoms with Crippen molar-refractivity contribution in [3.63, 3.8) is 0 Å². The second-order valence-electron chi connectivity index (χ2n) is 6.22. The fourth-order valence-electron chi connectivity index (χ4n) is 3.23. The molecule has 6 nitrogen and oxygen atoms in total. The molecule has 1 saturated heterocycles. The molecule has 1 atom stereocenters. The summed E-state index contributed by atoms with van der Waals surface area (Å²) in [5.41, 5.74) is 8.67. The number of anilines is 1. The Morgan fingerprint density at radius 1 is 1.33 bits per heavy atom. The summed E-state index contributed by atoms with van der Waals surface area (Å²) in [7, 11) is 0. The van der Waals surface area contributed by atoms with Gasteiger partial charge in [-0.05, 0) is 31.8 Å². The molecule has 0 aliphatic carbocycles. The highest BCUT2D eigenvalue weighted by molar-refractivity contribution is 6.12. The Balaban J connectivity index is 1.74. The van der Waals surface area contributed by atoms with E-state index in [4.69, 9.17) is 5.73 Å². The maximum Gasteiger partial charge on any atom is 0.198 e. The molecular weight excluding hydrogens is 302 g/mol. The maximum atomic E-state index is 12.7. The van der Waals surface area contributed by atoms with Gasteiger partial charge in [0.15, 0.2) is 11.4 Å². The number of nitrogens with zero attached hydrogens (tertiary/aromatic N) is 3. The van der Waals surface area contributed by atoms with E-state index in [1.165, 1.54) is 4.52 Å². The largest absolute Gasteiger partial charge is 0.384 e. The zero-order valence-electron chi connectivity index (χ0n) is 13.3. The predicted octanol–water partition coefficient (Wildman–Crippen LogP) is 1.69. The van der Waals surface area contributed by atoms with Gasteiger partial charge in [0.25, 0.3) is 0 Å². The van der Waals surface area contributed by atoms with E-state index < -0.39 is 0 Å². The Kier molecular flexibility index (Phi) is 3.74. The second-order valence-corrected chi connectivity index (χ2v) is 6.22. The molecule has 3 heterocycles. The highest BCUT2D eigenvalue weighted by Crippen LogP contribution is 2.20. The molecule has 6 heteroatoms. The SMILES string of the molecule is Nc1cc(C[C@H]2CCNC2)nc2c(C(=O)c3ccccc3)cnn12. The topological polar surface area (TPSA) is 85.3 Å². The van der Waals surface area contributed by atoms with Crippen LogP contribution in [0.1, 0.15) is 28.0 Å². The number of nitrogens with one attached hydrogen (secondary N) is 1. The van der Waals surface area contributed by atoms with Crippen LogP contribution in [0.15, 0.2) is 42.6 Å². The van der Waals surface area contributed by atoms with Crippen molar-refractivity contribution in [2.24, 2.45) is 5.92 Å². The zero-order chi connectivity index (χ0) is 16.5. The lowest BCUT2D eigenvalue weighted by molar-refractivity contribution is 0.104. The number of ketones is 1. The highest BCUT2D eigenvalue weighted by Gasteiger charge is 2.20. The molecule has 0 spiro atoms. The van der Waals surface area contributed by atoms with Crippen LogP contribution >= 0.6 is 0 Å². The third-order valence-corrected chi connectivity index (χ3v) is 4.49. The van der Waals surface area contributed by atoms with Gasteiger partial charge in [0.2, 0.25) is 0 Å². The first kappa shape index (κ1) is 14.8. The molecule has 0 radical (unpaired) electrons. The summed E-state index contributed by atoms with van der Waals surface area (Å²) in [6.07, 6.45) is 3.55. The minimum Gasteiger partial charge on any atom is -0.384 e. The normalized spacial score (nSPS) is 17.4. The maximum absolute atomic E-state index is 12.7. The molecule has 0 amide bonds. The minimum absolute atomic E-state index is 0.0859. The van der Waals surface area contributed by atoms with Crippen molar-refractivity contribution in [3.8, 4) is 0 Å². The highest BCUT2D eigenvalue weighted by atomic mass is 16.1. The van der Waals surface area contributed by atoms with Crippen LogP contribution in [0.5, 0.6) is 0 Å². The molecule has 122 valence electrons. The standard InChI is InChI=1S/C18H19N5O/c19-16-9-14(8-12-6-7-20-10-12)22-18-15(11-21-23(16)18)17(24)13-4-2-1-3-5-13/h1-5,9,11-12,20H,6-8,10,19H2/t12-/m1/s1. The van der Waals surface area contributed by atoms with Gasteiger partial charge in [0, 0.05) is 17.3 Å². The van der Waals surface area contributed by atoms with Gasteiger partial charge in [0.05, 0.1) is 11.8 Å². The summed E-state index contributed by atoms with van der Waals surface area (Å²) < 4.78 is 1.53. The van der Waals surface area contributed by atoms with Crippen molar-refractivity contribution in [3.05, 3.63) is 59.4 Å². The van der Waals surface area contributed by atoms with Crippen LogP contribution in [-0.4, -0.2) is 33.5 Å².